The van der Waals surface area contributed by atoms with Gasteiger partial charge in [-0.25, -0.2) is 4.39 Å². The van der Waals surface area contributed by atoms with Gasteiger partial charge in [-0.05, 0) is 54.7 Å². The van der Waals surface area contributed by atoms with Gasteiger partial charge in [-0.1, -0.05) is 37.6 Å². The summed E-state index contributed by atoms with van der Waals surface area (Å²) in [5.41, 5.74) is 2.37. The first kappa shape index (κ1) is 12.3. The Balaban J connectivity index is 1.98. The first-order valence-electron chi connectivity index (χ1n) is 6.70. The van der Waals surface area contributed by atoms with Crippen molar-refractivity contribution in [2.24, 2.45) is 5.92 Å². The van der Waals surface area contributed by atoms with E-state index in [9.17, 15) is 4.39 Å². The number of hydrogen-bond acceptors (Lipinski definition) is 0. The molecule has 0 spiro atoms. The van der Waals surface area contributed by atoms with Crippen molar-refractivity contribution >= 4 is 6.08 Å². The molecule has 1 fully saturated rings. The average molecular weight is 232 g/mol. The maximum atomic E-state index is 12.0. The van der Waals surface area contributed by atoms with Gasteiger partial charge >= 0.3 is 0 Å². The molecule has 0 radical (unpaired) electrons. The maximum absolute atomic E-state index is 12.0. The molecule has 1 aliphatic rings. The fourth-order valence-electron chi connectivity index (χ4n) is 2.86. The lowest BCUT2D eigenvalue weighted by atomic mass is 9.78. The van der Waals surface area contributed by atoms with Crippen molar-refractivity contribution in [2.45, 2.75) is 44.9 Å². The fraction of sp³-hybridized carbons (Fsp3) is 0.500. The Bertz CT molecular complexity index is 356. The van der Waals surface area contributed by atoms with Crippen LogP contribution in [0.3, 0.4) is 0 Å². The molecule has 1 aliphatic carbocycles. The predicted molar refractivity (Wildman–Crippen MR) is 71.6 cm³/mol. The summed E-state index contributed by atoms with van der Waals surface area (Å²) in [5.74, 6) is 1.67. The zero-order chi connectivity index (χ0) is 12.1. The highest BCUT2D eigenvalue weighted by Gasteiger charge is 2.20. The highest BCUT2D eigenvalue weighted by atomic mass is 19.1. The van der Waals surface area contributed by atoms with E-state index in [0.29, 0.717) is 6.33 Å². The second-order valence-corrected chi connectivity index (χ2v) is 5.09. The van der Waals surface area contributed by atoms with E-state index >= 15 is 0 Å². The fourth-order valence-corrected chi connectivity index (χ4v) is 2.86. The maximum Gasteiger partial charge on any atom is 0.0872 e. The van der Waals surface area contributed by atoms with Gasteiger partial charge in [0.2, 0.25) is 0 Å². The van der Waals surface area contributed by atoms with Crippen molar-refractivity contribution in [3.8, 4) is 0 Å². The number of hydrogen-bond donors (Lipinski definition) is 0. The van der Waals surface area contributed by atoms with Gasteiger partial charge in [0.25, 0.3) is 0 Å². The van der Waals surface area contributed by atoms with Gasteiger partial charge in [-0.3, -0.25) is 0 Å². The van der Waals surface area contributed by atoms with Crippen molar-refractivity contribution in [1.29, 1.82) is 0 Å². The first-order valence-corrected chi connectivity index (χ1v) is 6.70. The molecule has 17 heavy (non-hydrogen) atoms. The van der Waals surface area contributed by atoms with Crippen LogP contribution in [0.25, 0.3) is 6.08 Å². The minimum Gasteiger partial charge on any atom is -0.216 e. The van der Waals surface area contributed by atoms with Crippen molar-refractivity contribution < 1.29 is 4.39 Å². The van der Waals surface area contributed by atoms with E-state index in [-0.39, 0.29) is 0 Å². The lowest BCUT2D eigenvalue weighted by Gasteiger charge is -2.28. The second-order valence-electron chi connectivity index (χ2n) is 5.09. The molecule has 92 valence electrons. The van der Waals surface area contributed by atoms with Gasteiger partial charge in [0.1, 0.15) is 0 Å². The molecule has 0 nitrogen and oxygen atoms in total. The van der Waals surface area contributed by atoms with Crippen LogP contribution in [-0.2, 0) is 0 Å². The van der Waals surface area contributed by atoms with Crippen LogP contribution in [0, 0.1) is 5.92 Å². The molecule has 1 heteroatoms. The molecule has 0 unspecified atom stereocenters. The van der Waals surface area contributed by atoms with Crippen LogP contribution < -0.4 is 0 Å². The van der Waals surface area contributed by atoms with Gasteiger partial charge < -0.3 is 0 Å². The van der Waals surface area contributed by atoms with E-state index in [0.717, 1.165) is 17.4 Å². The number of benzene rings is 1. The topological polar surface area (TPSA) is 0 Å². The van der Waals surface area contributed by atoms with Crippen molar-refractivity contribution in [2.75, 3.05) is 0 Å². The Labute approximate surface area is 104 Å². The van der Waals surface area contributed by atoms with Crippen LogP contribution in [0.5, 0.6) is 0 Å². The summed E-state index contributed by atoms with van der Waals surface area (Å²) in [4.78, 5) is 0. The highest BCUT2D eigenvalue weighted by molar-refractivity contribution is 5.48. The number of halogens is 1. The van der Waals surface area contributed by atoms with Gasteiger partial charge in [-0.15, -0.1) is 0 Å². The zero-order valence-corrected chi connectivity index (χ0v) is 10.5. The second kappa shape index (κ2) is 6.00. The third-order valence-corrected chi connectivity index (χ3v) is 4.09. The Morgan fingerprint density at radius 1 is 1.12 bits per heavy atom. The minimum atomic E-state index is 0.599. The van der Waals surface area contributed by atoms with E-state index < -0.39 is 0 Å². The molecule has 1 aromatic carbocycles. The summed E-state index contributed by atoms with van der Waals surface area (Å²) in [7, 11) is 0. The van der Waals surface area contributed by atoms with Crippen molar-refractivity contribution in [3.05, 3.63) is 41.7 Å². The molecule has 1 aromatic rings. The molecule has 1 saturated carbocycles. The summed E-state index contributed by atoms with van der Waals surface area (Å²) < 4.78 is 12.0. The molecule has 0 aliphatic heterocycles. The SMILES string of the molecule is CCC1CCC(c2ccc(/C=C/F)cc2)CC1. The normalized spacial score (nSPS) is 25.3. The third-order valence-electron chi connectivity index (χ3n) is 4.09. The Kier molecular flexibility index (Phi) is 4.36. The minimum absolute atomic E-state index is 0.599. The average Bonchev–Trinajstić information content (AvgIpc) is 2.40. The summed E-state index contributed by atoms with van der Waals surface area (Å²) in [6.45, 7) is 2.29. The van der Waals surface area contributed by atoms with Crippen molar-refractivity contribution in [3.63, 3.8) is 0 Å². The van der Waals surface area contributed by atoms with Crippen molar-refractivity contribution in [1.82, 2.24) is 0 Å². The molecule has 0 saturated heterocycles. The van der Waals surface area contributed by atoms with E-state index in [1.54, 1.807) is 0 Å². The Morgan fingerprint density at radius 2 is 1.76 bits per heavy atom. The van der Waals surface area contributed by atoms with Crippen LogP contribution in [0.4, 0.5) is 4.39 Å². The van der Waals surface area contributed by atoms with E-state index in [1.807, 2.05) is 12.1 Å². The predicted octanol–water partition coefficient (Wildman–Crippen LogP) is 5.31. The van der Waals surface area contributed by atoms with E-state index in [1.165, 1.54) is 43.7 Å². The molecule has 2 rings (SSSR count). The van der Waals surface area contributed by atoms with Gasteiger partial charge in [0, 0.05) is 0 Å². The summed E-state index contributed by atoms with van der Waals surface area (Å²) >= 11 is 0. The summed E-state index contributed by atoms with van der Waals surface area (Å²) in [6, 6.07) is 8.34. The standard InChI is InChI=1S/C16H21F/c1-2-13-3-7-15(8-4-13)16-9-5-14(6-10-16)11-12-17/h5-6,9-13,15H,2-4,7-8H2,1H3/b12-11+. The molecular formula is C16H21F. The smallest absolute Gasteiger partial charge is 0.0872 e. The molecule has 0 amide bonds. The molecule has 0 heterocycles. The molecular weight excluding hydrogens is 211 g/mol. The molecule has 0 N–H and O–H groups in total. The highest BCUT2D eigenvalue weighted by Crippen LogP contribution is 2.36. The third kappa shape index (κ3) is 3.18. The summed E-state index contributed by atoms with van der Waals surface area (Å²) in [6.07, 6.45) is 8.79. The number of rotatable bonds is 3. The first-order chi connectivity index (χ1) is 8.33. The van der Waals surface area contributed by atoms with Crippen LogP contribution in [0.2, 0.25) is 0 Å². The van der Waals surface area contributed by atoms with E-state index in [4.69, 9.17) is 0 Å². The van der Waals surface area contributed by atoms with Gasteiger partial charge in [0.15, 0.2) is 0 Å². The van der Waals surface area contributed by atoms with Gasteiger partial charge in [0.05, 0.1) is 6.33 Å². The zero-order valence-electron chi connectivity index (χ0n) is 10.5. The Hall–Kier alpha value is -1.11. The molecule has 0 atom stereocenters. The quantitative estimate of drug-likeness (QED) is 0.662. The van der Waals surface area contributed by atoms with Crippen LogP contribution in [0.1, 0.15) is 56.1 Å². The van der Waals surface area contributed by atoms with Crippen LogP contribution in [-0.4, -0.2) is 0 Å². The molecule has 0 bridgehead atoms. The van der Waals surface area contributed by atoms with Crippen LogP contribution >= 0.6 is 0 Å². The monoisotopic (exact) mass is 232 g/mol. The lowest BCUT2D eigenvalue weighted by molar-refractivity contribution is 0.319. The lowest BCUT2D eigenvalue weighted by Crippen LogP contribution is -2.12. The summed E-state index contributed by atoms with van der Waals surface area (Å²) in [5, 5.41) is 0. The van der Waals surface area contributed by atoms with E-state index in [2.05, 4.69) is 19.1 Å². The van der Waals surface area contributed by atoms with Crippen LogP contribution in [0.15, 0.2) is 30.6 Å². The van der Waals surface area contributed by atoms with Gasteiger partial charge in [-0.2, -0.15) is 0 Å². The molecule has 0 aromatic heterocycles. The Morgan fingerprint density at radius 3 is 2.29 bits per heavy atom. The largest absolute Gasteiger partial charge is 0.216 e.